The Balaban J connectivity index is 1.41. The number of halogens is 1. The van der Waals surface area contributed by atoms with Crippen LogP contribution >= 0.6 is 11.8 Å². The number of aromatic nitrogens is 1. The maximum atomic E-state index is 15.2. The van der Waals surface area contributed by atoms with Crippen LogP contribution in [0.25, 0.3) is 0 Å². The van der Waals surface area contributed by atoms with Crippen molar-refractivity contribution in [1.82, 2.24) is 15.2 Å². The van der Waals surface area contributed by atoms with Crippen LogP contribution < -0.4 is 5.32 Å². The van der Waals surface area contributed by atoms with Gasteiger partial charge in [-0.3, -0.25) is 9.78 Å². The third-order valence-corrected chi connectivity index (χ3v) is 7.08. The van der Waals surface area contributed by atoms with Crippen LogP contribution in [0.3, 0.4) is 0 Å². The lowest BCUT2D eigenvalue weighted by Crippen LogP contribution is -2.38. The zero-order valence-corrected chi connectivity index (χ0v) is 21.5. The number of nitrogens with one attached hydrogen (secondary N) is 1. The molecule has 0 saturated carbocycles. The highest BCUT2D eigenvalue weighted by Gasteiger charge is 2.42. The Bertz CT molecular complexity index is 1440. The van der Waals surface area contributed by atoms with Crippen molar-refractivity contribution < 1.29 is 18.7 Å². The molecule has 1 N–H and O–H groups in total. The van der Waals surface area contributed by atoms with Crippen molar-refractivity contribution in [3.8, 4) is 0 Å². The van der Waals surface area contributed by atoms with E-state index in [1.807, 2.05) is 41.8 Å². The van der Waals surface area contributed by atoms with Crippen LogP contribution in [0.15, 0.2) is 106 Å². The molecule has 192 valence electrons. The van der Waals surface area contributed by atoms with E-state index in [-0.39, 0.29) is 24.5 Å². The normalized spacial score (nSPS) is 16.5. The molecular weight excluding hydrogens is 503 g/mol. The topological polar surface area (TPSA) is 83.9 Å². The molecule has 1 amide bonds. The molecule has 0 aliphatic carbocycles. The number of ether oxygens (including phenoxy) is 1. The molecule has 0 radical (unpaired) electrons. The number of carbonyl (C=O) groups excluding carboxylic acids is 2. The summed E-state index contributed by atoms with van der Waals surface area (Å²) in [6, 6.07) is 18.5. The average molecular weight is 529 g/mol. The first-order valence-corrected chi connectivity index (χ1v) is 12.9. The summed E-state index contributed by atoms with van der Waals surface area (Å²) in [7, 11) is 0. The highest BCUT2D eigenvalue weighted by molar-refractivity contribution is 8.16. The van der Waals surface area contributed by atoms with Gasteiger partial charge in [-0.25, -0.2) is 14.2 Å². The van der Waals surface area contributed by atoms with Gasteiger partial charge in [0.05, 0.1) is 23.7 Å². The smallest absolute Gasteiger partial charge is 0.338 e. The second kappa shape index (κ2) is 11.4. The Morgan fingerprint density at radius 3 is 2.58 bits per heavy atom. The van der Waals surface area contributed by atoms with Crippen LogP contribution in [0.2, 0.25) is 0 Å². The molecule has 38 heavy (non-hydrogen) atoms. The Hall–Kier alpha value is -4.24. The van der Waals surface area contributed by atoms with Crippen LogP contribution in [0, 0.1) is 5.82 Å². The zero-order chi connectivity index (χ0) is 26.5. The summed E-state index contributed by atoms with van der Waals surface area (Å²) in [5.41, 5.74) is 3.32. The number of amidine groups is 1. The van der Waals surface area contributed by atoms with Gasteiger partial charge in [0.2, 0.25) is 5.91 Å². The SMILES string of the molecule is CC1=C(C(=O)OCc2ccccc2)[C@H](c2ccccc2F)N2C(CC(=O)NCc3cccnc3)=CSC2=N1. The van der Waals surface area contributed by atoms with E-state index < -0.39 is 17.8 Å². The van der Waals surface area contributed by atoms with Gasteiger partial charge in [-0.1, -0.05) is 66.4 Å². The zero-order valence-electron chi connectivity index (χ0n) is 20.6. The quantitative estimate of drug-likeness (QED) is 0.403. The monoisotopic (exact) mass is 528 g/mol. The second-order valence-corrected chi connectivity index (χ2v) is 9.63. The van der Waals surface area contributed by atoms with Crippen molar-refractivity contribution in [2.75, 3.05) is 0 Å². The predicted octanol–water partition coefficient (Wildman–Crippen LogP) is 5.25. The molecule has 5 rings (SSSR count). The summed E-state index contributed by atoms with van der Waals surface area (Å²) < 4.78 is 20.8. The van der Waals surface area contributed by atoms with E-state index in [0.29, 0.717) is 28.7 Å². The minimum Gasteiger partial charge on any atom is -0.457 e. The Morgan fingerprint density at radius 2 is 1.82 bits per heavy atom. The van der Waals surface area contributed by atoms with Gasteiger partial charge in [0.25, 0.3) is 0 Å². The van der Waals surface area contributed by atoms with Gasteiger partial charge in [0, 0.05) is 30.2 Å². The number of nitrogens with zero attached hydrogens (tertiary/aromatic N) is 3. The van der Waals surface area contributed by atoms with E-state index in [9.17, 15) is 9.59 Å². The number of hydrogen-bond acceptors (Lipinski definition) is 7. The van der Waals surface area contributed by atoms with Crippen LogP contribution in [-0.4, -0.2) is 26.9 Å². The maximum absolute atomic E-state index is 15.2. The number of allylic oxidation sites excluding steroid dienone is 1. The lowest BCUT2D eigenvalue weighted by molar-refractivity contribution is -0.141. The van der Waals surface area contributed by atoms with E-state index in [1.165, 1.54) is 17.8 Å². The second-order valence-electron chi connectivity index (χ2n) is 8.79. The Morgan fingerprint density at radius 1 is 1.05 bits per heavy atom. The first-order chi connectivity index (χ1) is 18.5. The summed E-state index contributed by atoms with van der Waals surface area (Å²) in [5.74, 6) is -1.26. The highest BCUT2D eigenvalue weighted by atomic mass is 32.2. The molecule has 1 atom stereocenters. The molecule has 2 aliphatic rings. The maximum Gasteiger partial charge on any atom is 0.338 e. The summed E-state index contributed by atoms with van der Waals surface area (Å²) in [4.78, 5) is 36.8. The molecule has 3 aromatic rings. The third-order valence-electron chi connectivity index (χ3n) is 6.19. The molecule has 9 heteroatoms. The van der Waals surface area contributed by atoms with Gasteiger partial charge in [0.1, 0.15) is 12.4 Å². The fourth-order valence-corrected chi connectivity index (χ4v) is 5.32. The molecule has 0 bridgehead atoms. The number of thioether (sulfide) groups is 1. The van der Waals surface area contributed by atoms with Gasteiger partial charge in [-0.2, -0.15) is 0 Å². The standard InChI is InChI=1S/C29H25FN4O3S/c1-19-26(28(36)37-17-20-8-3-2-4-9-20)27(23-11-5-6-12-24(23)30)34-22(18-38-29(34)33-19)14-25(35)32-16-21-10-7-13-31-15-21/h2-13,15,18,27H,14,16-17H2,1H3,(H,32,35)/t27-/m0/s1. The average Bonchev–Trinajstić information content (AvgIpc) is 3.33. The van der Waals surface area contributed by atoms with Gasteiger partial charge < -0.3 is 15.0 Å². The number of benzene rings is 2. The van der Waals surface area contributed by atoms with Crippen LogP contribution in [0.4, 0.5) is 4.39 Å². The van der Waals surface area contributed by atoms with Crippen molar-refractivity contribution in [3.05, 3.63) is 124 Å². The number of aliphatic imine (C=N–C) groups is 1. The van der Waals surface area contributed by atoms with Crippen molar-refractivity contribution in [3.63, 3.8) is 0 Å². The molecule has 3 heterocycles. The molecule has 2 aliphatic heterocycles. The van der Waals surface area contributed by atoms with E-state index in [2.05, 4.69) is 15.3 Å². The Kier molecular flexibility index (Phi) is 7.65. The van der Waals surface area contributed by atoms with Crippen molar-refractivity contribution in [2.24, 2.45) is 4.99 Å². The number of hydrogen-bond donors (Lipinski definition) is 1. The molecule has 0 spiro atoms. The minimum absolute atomic E-state index is 0.0304. The van der Waals surface area contributed by atoms with Crippen molar-refractivity contribution >= 4 is 28.8 Å². The van der Waals surface area contributed by atoms with Crippen molar-refractivity contribution in [2.45, 2.75) is 32.5 Å². The van der Waals surface area contributed by atoms with Gasteiger partial charge in [-0.05, 0) is 35.6 Å². The number of amides is 1. The predicted molar refractivity (Wildman–Crippen MR) is 144 cm³/mol. The number of esters is 1. The highest BCUT2D eigenvalue weighted by Crippen LogP contribution is 2.45. The van der Waals surface area contributed by atoms with Crippen LogP contribution in [0.1, 0.15) is 36.1 Å². The van der Waals surface area contributed by atoms with Crippen LogP contribution in [-0.2, 0) is 27.5 Å². The molecule has 0 unspecified atom stereocenters. The van der Waals surface area contributed by atoms with E-state index in [4.69, 9.17) is 4.74 Å². The third kappa shape index (κ3) is 5.52. The Labute approximate surface area is 224 Å². The van der Waals surface area contributed by atoms with Gasteiger partial charge in [0.15, 0.2) is 5.17 Å². The van der Waals surface area contributed by atoms with E-state index >= 15 is 4.39 Å². The summed E-state index contributed by atoms with van der Waals surface area (Å²) in [6.45, 7) is 2.13. The number of fused-ring (bicyclic) bond motifs is 1. The minimum atomic E-state index is -0.834. The van der Waals surface area contributed by atoms with Crippen molar-refractivity contribution in [1.29, 1.82) is 0 Å². The lowest BCUT2D eigenvalue weighted by atomic mass is 9.93. The van der Waals surface area contributed by atoms with E-state index in [1.54, 1.807) is 48.5 Å². The molecule has 0 saturated heterocycles. The summed E-state index contributed by atoms with van der Waals surface area (Å²) in [5, 5.41) is 5.29. The summed E-state index contributed by atoms with van der Waals surface area (Å²) in [6.07, 6.45) is 3.39. The molecule has 2 aromatic carbocycles. The number of carbonyl (C=O) groups is 2. The fourth-order valence-electron chi connectivity index (χ4n) is 4.35. The van der Waals surface area contributed by atoms with Gasteiger partial charge >= 0.3 is 5.97 Å². The number of rotatable bonds is 8. The van der Waals surface area contributed by atoms with Gasteiger partial charge in [-0.15, -0.1) is 0 Å². The first kappa shape index (κ1) is 25.4. The number of pyridine rings is 1. The fraction of sp³-hybridized carbons (Fsp3) is 0.172. The van der Waals surface area contributed by atoms with Crippen LogP contribution in [0.5, 0.6) is 0 Å². The first-order valence-electron chi connectivity index (χ1n) is 12.1. The molecular formula is C29H25FN4O3S. The summed E-state index contributed by atoms with van der Waals surface area (Å²) >= 11 is 1.34. The molecule has 1 aromatic heterocycles. The van der Waals surface area contributed by atoms with E-state index in [0.717, 1.165) is 11.1 Å². The molecule has 7 nitrogen and oxygen atoms in total. The lowest BCUT2D eigenvalue weighted by Gasteiger charge is -2.36. The molecule has 0 fully saturated rings. The largest absolute Gasteiger partial charge is 0.457 e.